The van der Waals surface area contributed by atoms with Gasteiger partial charge in [0, 0.05) is 31.3 Å². The quantitative estimate of drug-likeness (QED) is 0.776. The number of pyridine rings is 1. The van der Waals surface area contributed by atoms with Crippen molar-refractivity contribution in [3.63, 3.8) is 0 Å². The van der Waals surface area contributed by atoms with Crippen LogP contribution < -0.4 is 5.32 Å². The number of aromatic nitrogens is 1. The molecule has 0 radical (unpaired) electrons. The highest BCUT2D eigenvalue weighted by molar-refractivity contribution is 6.36. The van der Waals surface area contributed by atoms with E-state index in [9.17, 15) is 9.59 Å². The lowest BCUT2D eigenvalue weighted by molar-refractivity contribution is -0.131. The van der Waals surface area contributed by atoms with E-state index in [4.69, 9.17) is 9.94 Å². The number of carbonyl (C=O) groups is 2. The largest absolute Gasteiger partial charge is 0.477 e. The molecule has 1 aliphatic heterocycles. The van der Waals surface area contributed by atoms with Crippen LogP contribution in [0.15, 0.2) is 29.6 Å². The van der Waals surface area contributed by atoms with E-state index in [-0.39, 0.29) is 18.0 Å². The molecule has 1 atom stereocenters. The Morgan fingerprint density at radius 1 is 1.47 bits per heavy atom. The van der Waals surface area contributed by atoms with Crippen LogP contribution in [-0.2, 0) is 20.8 Å². The summed E-state index contributed by atoms with van der Waals surface area (Å²) in [5.74, 6) is -1.53. The van der Waals surface area contributed by atoms with E-state index in [1.54, 1.807) is 6.20 Å². The normalized spacial score (nSPS) is 17.5. The van der Waals surface area contributed by atoms with Crippen LogP contribution >= 0.6 is 0 Å². The highest BCUT2D eigenvalue weighted by Crippen LogP contribution is 2.10. The molecule has 0 fully saturated rings. The third-order valence-electron chi connectivity index (χ3n) is 2.61. The summed E-state index contributed by atoms with van der Waals surface area (Å²) in [6.45, 7) is 0.415. The van der Waals surface area contributed by atoms with Gasteiger partial charge in [-0.3, -0.25) is 9.78 Å². The van der Waals surface area contributed by atoms with Crippen LogP contribution in [0.1, 0.15) is 12.1 Å². The van der Waals surface area contributed by atoms with Gasteiger partial charge < -0.3 is 15.3 Å². The first-order chi connectivity index (χ1) is 9.16. The average Bonchev–Trinajstić information content (AvgIpc) is 2.89. The second-order valence-electron chi connectivity index (χ2n) is 4.00. The van der Waals surface area contributed by atoms with Crippen molar-refractivity contribution >= 4 is 17.6 Å². The first kappa shape index (κ1) is 13.0. The summed E-state index contributed by atoms with van der Waals surface area (Å²) in [6, 6.07) is 5.56. The summed E-state index contributed by atoms with van der Waals surface area (Å²) in [7, 11) is 0. The zero-order valence-corrected chi connectivity index (χ0v) is 10.1. The number of amides is 1. The molecular weight excluding hydrogens is 250 g/mol. The lowest BCUT2D eigenvalue weighted by atomic mass is 10.1. The van der Waals surface area contributed by atoms with Crippen LogP contribution in [0.2, 0.25) is 0 Å². The third kappa shape index (κ3) is 3.51. The third-order valence-corrected chi connectivity index (χ3v) is 2.61. The Hall–Kier alpha value is -2.44. The number of carbonyl (C=O) groups excluding carboxylic acids is 1. The number of rotatable bonds is 5. The summed E-state index contributed by atoms with van der Waals surface area (Å²) in [6.07, 6.45) is 1.43. The monoisotopic (exact) mass is 263 g/mol. The highest BCUT2D eigenvalue weighted by Gasteiger charge is 2.31. The number of oxime groups is 1. The van der Waals surface area contributed by atoms with Gasteiger partial charge in [-0.05, 0) is 12.1 Å². The van der Waals surface area contributed by atoms with Gasteiger partial charge >= 0.3 is 5.97 Å². The highest BCUT2D eigenvalue weighted by atomic mass is 16.6. The van der Waals surface area contributed by atoms with Crippen LogP contribution in [0.3, 0.4) is 0 Å². The molecule has 0 saturated heterocycles. The Kier molecular flexibility index (Phi) is 4.07. The van der Waals surface area contributed by atoms with Crippen molar-refractivity contribution in [2.24, 2.45) is 5.16 Å². The van der Waals surface area contributed by atoms with E-state index in [0.717, 1.165) is 5.69 Å². The van der Waals surface area contributed by atoms with Crippen molar-refractivity contribution in [1.82, 2.24) is 10.3 Å². The number of carboxylic acid groups (broad SMARTS) is 1. The smallest absolute Gasteiger partial charge is 0.353 e. The number of aliphatic carboxylic acids is 1. The minimum atomic E-state index is -1.16. The van der Waals surface area contributed by atoms with Crippen LogP contribution in [-0.4, -0.2) is 40.3 Å². The van der Waals surface area contributed by atoms with E-state index in [1.807, 2.05) is 18.2 Å². The molecular formula is C12H13N3O4. The molecule has 100 valence electrons. The fourth-order valence-electron chi connectivity index (χ4n) is 1.62. The van der Waals surface area contributed by atoms with Gasteiger partial charge in [-0.2, -0.15) is 0 Å². The molecule has 2 heterocycles. The fourth-order valence-corrected chi connectivity index (χ4v) is 1.62. The Morgan fingerprint density at radius 2 is 2.32 bits per heavy atom. The SMILES string of the molecule is O=C(O)C1=NOC(C(=O)NCCc2ccccn2)C1. The predicted octanol–water partition coefficient (Wildman–Crippen LogP) is -0.0302. The van der Waals surface area contributed by atoms with E-state index >= 15 is 0 Å². The van der Waals surface area contributed by atoms with Crippen LogP contribution in [0.25, 0.3) is 0 Å². The zero-order valence-electron chi connectivity index (χ0n) is 10.1. The topological polar surface area (TPSA) is 101 Å². The van der Waals surface area contributed by atoms with E-state index in [1.165, 1.54) is 0 Å². The van der Waals surface area contributed by atoms with E-state index < -0.39 is 12.1 Å². The van der Waals surface area contributed by atoms with Crippen LogP contribution in [0, 0.1) is 0 Å². The Balaban J connectivity index is 1.73. The fraction of sp³-hybridized carbons (Fsp3) is 0.333. The number of nitrogens with zero attached hydrogens (tertiary/aromatic N) is 2. The Labute approximate surface area is 109 Å². The molecule has 1 aromatic rings. The van der Waals surface area contributed by atoms with Crippen molar-refractivity contribution < 1.29 is 19.5 Å². The second-order valence-corrected chi connectivity index (χ2v) is 4.00. The number of hydrogen-bond acceptors (Lipinski definition) is 5. The van der Waals surface area contributed by atoms with Crippen LogP contribution in [0.5, 0.6) is 0 Å². The molecule has 1 amide bonds. The molecule has 0 bridgehead atoms. The van der Waals surface area contributed by atoms with Crippen molar-refractivity contribution in [3.8, 4) is 0 Å². The van der Waals surface area contributed by atoms with Crippen LogP contribution in [0.4, 0.5) is 0 Å². The number of carboxylic acids is 1. The van der Waals surface area contributed by atoms with E-state index in [2.05, 4.69) is 15.5 Å². The minimum absolute atomic E-state index is 0.00917. The van der Waals surface area contributed by atoms with Gasteiger partial charge in [-0.1, -0.05) is 11.2 Å². The molecule has 2 N–H and O–H groups in total. The summed E-state index contributed by atoms with van der Waals surface area (Å²) in [5, 5.41) is 14.7. The number of nitrogens with one attached hydrogen (secondary N) is 1. The van der Waals surface area contributed by atoms with Gasteiger partial charge in [0.2, 0.25) is 6.10 Å². The van der Waals surface area contributed by atoms with Crippen molar-refractivity contribution in [2.45, 2.75) is 18.9 Å². The predicted molar refractivity (Wildman–Crippen MR) is 65.5 cm³/mol. The van der Waals surface area contributed by atoms with Gasteiger partial charge in [-0.15, -0.1) is 0 Å². The molecule has 0 aliphatic carbocycles. The van der Waals surface area contributed by atoms with Gasteiger partial charge in [0.25, 0.3) is 5.91 Å². The van der Waals surface area contributed by atoms with Gasteiger partial charge in [0.1, 0.15) is 0 Å². The molecule has 1 aromatic heterocycles. The van der Waals surface area contributed by atoms with Gasteiger partial charge in [-0.25, -0.2) is 4.79 Å². The van der Waals surface area contributed by atoms with Crippen molar-refractivity contribution in [1.29, 1.82) is 0 Å². The van der Waals surface area contributed by atoms with E-state index in [0.29, 0.717) is 13.0 Å². The Bertz CT molecular complexity index is 501. The summed E-state index contributed by atoms with van der Waals surface area (Å²) >= 11 is 0. The molecule has 7 nitrogen and oxygen atoms in total. The summed E-state index contributed by atoms with van der Waals surface area (Å²) in [4.78, 5) is 31.2. The average molecular weight is 263 g/mol. The molecule has 1 aliphatic rings. The summed E-state index contributed by atoms with van der Waals surface area (Å²) in [5.41, 5.74) is 0.738. The molecule has 0 saturated carbocycles. The molecule has 7 heteroatoms. The second kappa shape index (κ2) is 5.94. The van der Waals surface area contributed by atoms with Gasteiger partial charge in [0.15, 0.2) is 5.71 Å². The first-order valence-corrected chi connectivity index (χ1v) is 5.80. The van der Waals surface area contributed by atoms with Crippen molar-refractivity contribution in [2.75, 3.05) is 6.54 Å². The molecule has 0 aromatic carbocycles. The Morgan fingerprint density at radius 3 is 2.95 bits per heavy atom. The maximum atomic E-state index is 11.7. The lowest BCUT2D eigenvalue weighted by Crippen LogP contribution is -2.36. The summed E-state index contributed by atoms with van der Waals surface area (Å²) < 4.78 is 0. The molecule has 2 rings (SSSR count). The zero-order chi connectivity index (χ0) is 13.7. The molecule has 0 spiro atoms. The van der Waals surface area contributed by atoms with Crippen molar-refractivity contribution in [3.05, 3.63) is 30.1 Å². The maximum Gasteiger partial charge on any atom is 0.353 e. The molecule has 19 heavy (non-hydrogen) atoms. The first-order valence-electron chi connectivity index (χ1n) is 5.80. The number of hydrogen-bond donors (Lipinski definition) is 2. The molecule has 1 unspecified atom stereocenters. The maximum absolute atomic E-state index is 11.7. The standard InChI is InChI=1S/C12H13N3O4/c16-11(10-7-9(12(17)18)15-19-10)14-6-4-8-3-1-2-5-13-8/h1-3,5,10H,4,6-7H2,(H,14,16)(H,17,18). The lowest BCUT2D eigenvalue weighted by Gasteiger charge is -2.08. The minimum Gasteiger partial charge on any atom is -0.477 e. The van der Waals surface area contributed by atoms with Gasteiger partial charge in [0.05, 0.1) is 0 Å².